The normalized spacial score (nSPS) is 12.8. The van der Waals surface area contributed by atoms with Crippen molar-refractivity contribution in [3.63, 3.8) is 0 Å². The number of fused-ring (bicyclic) bond motifs is 1. The van der Waals surface area contributed by atoms with Gasteiger partial charge in [-0.3, -0.25) is 9.59 Å². The molecule has 1 aromatic heterocycles. The Bertz CT molecular complexity index is 864. The van der Waals surface area contributed by atoms with Gasteiger partial charge < -0.3 is 15.2 Å². The number of hydrogen-bond donors (Lipinski definition) is 2. The second-order valence-corrected chi connectivity index (χ2v) is 6.50. The van der Waals surface area contributed by atoms with Gasteiger partial charge in [0.1, 0.15) is 5.82 Å². The Morgan fingerprint density at radius 3 is 2.83 bits per heavy atom. The summed E-state index contributed by atoms with van der Waals surface area (Å²) in [7, 11) is 0. The lowest BCUT2D eigenvalue weighted by Crippen LogP contribution is -2.29. The maximum Gasteiger partial charge on any atom is 0.255 e. The van der Waals surface area contributed by atoms with Gasteiger partial charge in [-0.1, -0.05) is 15.9 Å². The average Bonchev–Trinajstić information content (AvgIpc) is 3.00. The summed E-state index contributed by atoms with van der Waals surface area (Å²) in [6, 6.07) is 5.94. The molecule has 0 radical (unpaired) electrons. The third kappa shape index (κ3) is 3.08. The molecule has 24 heavy (non-hydrogen) atoms. The van der Waals surface area contributed by atoms with E-state index in [1.807, 2.05) is 6.92 Å². The number of amides is 1. The van der Waals surface area contributed by atoms with Gasteiger partial charge in [-0.15, -0.1) is 0 Å². The predicted molar refractivity (Wildman–Crippen MR) is 94.4 cm³/mol. The number of hydrogen-bond acceptors (Lipinski definition) is 3. The highest BCUT2D eigenvalue weighted by molar-refractivity contribution is 9.10. The highest BCUT2D eigenvalue weighted by Gasteiger charge is 2.24. The number of anilines is 2. The van der Waals surface area contributed by atoms with Crippen LogP contribution < -0.4 is 16.2 Å². The summed E-state index contributed by atoms with van der Waals surface area (Å²) in [5.41, 5.74) is 1.48. The molecule has 1 aliphatic heterocycles. The van der Waals surface area contributed by atoms with E-state index in [9.17, 15) is 14.0 Å². The zero-order chi connectivity index (χ0) is 17.3. The van der Waals surface area contributed by atoms with Crippen LogP contribution in [0.1, 0.15) is 29.4 Å². The van der Waals surface area contributed by atoms with E-state index in [0.717, 1.165) is 6.42 Å². The first-order valence-corrected chi connectivity index (χ1v) is 8.57. The zero-order valence-electron chi connectivity index (χ0n) is 13.2. The molecule has 5 nitrogen and oxygen atoms in total. The topological polar surface area (TPSA) is 63.1 Å². The van der Waals surface area contributed by atoms with Gasteiger partial charge in [-0.05, 0) is 38.0 Å². The van der Waals surface area contributed by atoms with E-state index < -0.39 is 5.82 Å². The second-order valence-electron chi connectivity index (χ2n) is 5.58. The van der Waals surface area contributed by atoms with E-state index in [-0.39, 0.29) is 17.2 Å². The van der Waals surface area contributed by atoms with Crippen molar-refractivity contribution in [1.82, 2.24) is 9.88 Å². The summed E-state index contributed by atoms with van der Waals surface area (Å²) in [6.07, 6.45) is 1.47. The molecule has 1 amide bonds. The summed E-state index contributed by atoms with van der Waals surface area (Å²) < 4.78 is 16.3. The first kappa shape index (κ1) is 16.7. The second kappa shape index (κ2) is 6.76. The summed E-state index contributed by atoms with van der Waals surface area (Å²) in [4.78, 5) is 24.8. The highest BCUT2D eigenvalue weighted by Crippen LogP contribution is 2.28. The molecule has 1 aliphatic rings. The molecule has 2 heterocycles. The molecule has 0 aliphatic carbocycles. The fraction of sp³-hybridized carbons (Fsp3) is 0.294. The average molecular weight is 394 g/mol. The van der Waals surface area contributed by atoms with Gasteiger partial charge in [-0.2, -0.15) is 0 Å². The summed E-state index contributed by atoms with van der Waals surface area (Å²) in [6.45, 7) is 2.91. The molecule has 2 aromatic rings. The Morgan fingerprint density at radius 1 is 1.33 bits per heavy atom. The van der Waals surface area contributed by atoms with Crippen LogP contribution in [0.25, 0.3) is 0 Å². The van der Waals surface area contributed by atoms with Crippen molar-refractivity contribution in [1.29, 1.82) is 0 Å². The van der Waals surface area contributed by atoms with E-state index >= 15 is 0 Å². The van der Waals surface area contributed by atoms with Crippen LogP contribution in [0.3, 0.4) is 0 Å². The predicted octanol–water partition coefficient (Wildman–Crippen LogP) is 3.19. The molecule has 3 rings (SSSR count). The molecule has 0 spiro atoms. The molecule has 2 N–H and O–H groups in total. The van der Waals surface area contributed by atoms with Crippen molar-refractivity contribution in [3.05, 3.63) is 56.2 Å². The Hall–Kier alpha value is -2.15. The van der Waals surface area contributed by atoms with E-state index in [2.05, 4.69) is 26.6 Å². The molecule has 0 fully saturated rings. The molecular formula is C17H17BrFN3O2. The SMILES string of the molecule is CCNC(=O)c1c(Nc2ccc(Br)cc2F)cc(=O)n2c1CCC2. The van der Waals surface area contributed by atoms with Gasteiger partial charge in [0.25, 0.3) is 11.5 Å². The molecule has 0 bridgehead atoms. The van der Waals surface area contributed by atoms with Crippen LogP contribution in [0, 0.1) is 5.82 Å². The molecule has 0 atom stereocenters. The van der Waals surface area contributed by atoms with Crippen LogP contribution in [-0.4, -0.2) is 17.0 Å². The molecule has 0 saturated carbocycles. The van der Waals surface area contributed by atoms with Gasteiger partial charge >= 0.3 is 0 Å². The minimum atomic E-state index is -0.466. The Balaban J connectivity index is 2.11. The van der Waals surface area contributed by atoms with Crippen LogP contribution in [-0.2, 0) is 13.0 Å². The maximum absolute atomic E-state index is 14.1. The first-order chi connectivity index (χ1) is 11.5. The van der Waals surface area contributed by atoms with Crippen LogP contribution in [0.4, 0.5) is 15.8 Å². The number of carbonyl (C=O) groups excluding carboxylic acids is 1. The van der Waals surface area contributed by atoms with E-state index in [4.69, 9.17) is 0 Å². The lowest BCUT2D eigenvalue weighted by molar-refractivity contribution is 0.0955. The van der Waals surface area contributed by atoms with Crippen molar-refractivity contribution in [2.45, 2.75) is 26.3 Å². The van der Waals surface area contributed by atoms with Crippen molar-refractivity contribution < 1.29 is 9.18 Å². The van der Waals surface area contributed by atoms with Gasteiger partial charge in [0.05, 0.1) is 16.9 Å². The molecular weight excluding hydrogens is 377 g/mol. The zero-order valence-corrected chi connectivity index (χ0v) is 14.7. The van der Waals surface area contributed by atoms with Gasteiger partial charge in [0, 0.05) is 29.3 Å². The number of rotatable bonds is 4. The first-order valence-electron chi connectivity index (χ1n) is 7.78. The van der Waals surface area contributed by atoms with Crippen molar-refractivity contribution in [2.75, 3.05) is 11.9 Å². The maximum atomic E-state index is 14.1. The van der Waals surface area contributed by atoms with Crippen LogP contribution in [0.2, 0.25) is 0 Å². The minimum Gasteiger partial charge on any atom is -0.352 e. The fourth-order valence-electron chi connectivity index (χ4n) is 2.94. The minimum absolute atomic E-state index is 0.185. The number of halogens is 2. The van der Waals surface area contributed by atoms with Gasteiger partial charge in [-0.25, -0.2) is 4.39 Å². The molecule has 0 unspecified atom stereocenters. The summed E-state index contributed by atoms with van der Waals surface area (Å²) in [5.74, 6) is -0.727. The van der Waals surface area contributed by atoms with Crippen molar-refractivity contribution >= 4 is 33.2 Å². The number of nitrogens with zero attached hydrogens (tertiary/aromatic N) is 1. The fourth-order valence-corrected chi connectivity index (χ4v) is 3.28. The molecule has 1 aromatic carbocycles. The molecule has 126 valence electrons. The Morgan fingerprint density at radius 2 is 2.12 bits per heavy atom. The number of benzene rings is 1. The number of carbonyl (C=O) groups is 1. The lowest BCUT2D eigenvalue weighted by atomic mass is 10.1. The lowest BCUT2D eigenvalue weighted by Gasteiger charge is -2.16. The third-order valence-electron chi connectivity index (χ3n) is 3.98. The third-order valence-corrected chi connectivity index (χ3v) is 4.47. The van der Waals surface area contributed by atoms with Gasteiger partial charge in [0.2, 0.25) is 0 Å². The molecule has 7 heteroatoms. The van der Waals surface area contributed by atoms with E-state index in [0.29, 0.717) is 40.9 Å². The highest BCUT2D eigenvalue weighted by atomic mass is 79.9. The van der Waals surface area contributed by atoms with Crippen LogP contribution in [0.15, 0.2) is 33.5 Å². The standard InChI is InChI=1S/C17H17BrFN3O2/c1-2-20-17(24)16-13(9-15(23)22-7-3-4-14(16)22)21-12-6-5-10(18)8-11(12)19/h5-6,8-9,21H,2-4,7H2,1H3,(H,20,24). The number of pyridine rings is 1. The van der Waals surface area contributed by atoms with Crippen LogP contribution >= 0.6 is 15.9 Å². The monoisotopic (exact) mass is 393 g/mol. The summed E-state index contributed by atoms with van der Waals surface area (Å²) >= 11 is 3.21. The van der Waals surface area contributed by atoms with Crippen molar-refractivity contribution in [2.24, 2.45) is 0 Å². The smallest absolute Gasteiger partial charge is 0.255 e. The van der Waals surface area contributed by atoms with Crippen LogP contribution in [0.5, 0.6) is 0 Å². The Kier molecular flexibility index (Phi) is 4.71. The van der Waals surface area contributed by atoms with E-state index in [1.54, 1.807) is 16.7 Å². The number of aromatic nitrogens is 1. The Labute approximate surface area is 147 Å². The largest absolute Gasteiger partial charge is 0.352 e. The van der Waals surface area contributed by atoms with Gasteiger partial charge in [0.15, 0.2) is 0 Å². The quantitative estimate of drug-likeness (QED) is 0.838. The number of nitrogens with one attached hydrogen (secondary N) is 2. The van der Waals surface area contributed by atoms with Crippen molar-refractivity contribution in [3.8, 4) is 0 Å². The molecule has 0 saturated heterocycles. The summed E-state index contributed by atoms with van der Waals surface area (Å²) in [5, 5.41) is 5.67. The van der Waals surface area contributed by atoms with E-state index in [1.165, 1.54) is 12.1 Å².